The van der Waals surface area contributed by atoms with Gasteiger partial charge in [-0.3, -0.25) is 9.59 Å². The molecule has 1 fully saturated rings. The normalized spacial score (nSPS) is 21.6. The molecule has 0 N–H and O–H groups in total. The first kappa shape index (κ1) is 9.13. The van der Waals surface area contributed by atoms with Gasteiger partial charge in [0.05, 0.1) is 6.42 Å². The highest BCUT2D eigenvalue weighted by Crippen LogP contribution is 2.22. The molecule has 0 saturated heterocycles. The molecule has 1 aromatic carbocycles. The summed E-state index contributed by atoms with van der Waals surface area (Å²) in [6.45, 7) is 0. The van der Waals surface area contributed by atoms with Crippen molar-refractivity contribution in [3.05, 3.63) is 35.9 Å². The van der Waals surface area contributed by atoms with E-state index in [4.69, 9.17) is 0 Å². The number of hydrogen-bond donors (Lipinski definition) is 0. The van der Waals surface area contributed by atoms with Gasteiger partial charge in [0.15, 0.2) is 0 Å². The molecule has 1 saturated carbocycles. The standard InChI is InChI=1S/C12H12O2/c13-11-7-10(12(14)8-11)6-9-4-2-1-3-5-9/h1-5,10H,6-8H2/t10-/m0/s1. The van der Waals surface area contributed by atoms with Crippen LogP contribution < -0.4 is 0 Å². The molecule has 2 nitrogen and oxygen atoms in total. The first-order chi connectivity index (χ1) is 6.75. The molecule has 1 atom stereocenters. The van der Waals surface area contributed by atoms with E-state index in [1.165, 1.54) is 0 Å². The molecular weight excluding hydrogens is 176 g/mol. The average molecular weight is 188 g/mol. The monoisotopic (exact) mass is 188 g/mol. The molecule has 0 aromatic heterocycles. The second kappa shape index (κ2) is 3.74. The van der Waals surface area contributed by atoms with Crippen LogP contribution in [0.2, 0.25) is 0 Å². The summed E-state index contributed by atoms with van der Waals surface area (Å²) in [5.41, 5.74) is 1.14. The van der Waals surface area contributed by atoms with Gasteiger partial charge in [0, 0.05) is 12.3 Å². The van der Waals surface area contributed by atoms with Gasteiger partial charge in [0.25, 0.3) is 0 Å². The molecule has 0 amide bonds. The Hall–Kier alpha value is -1.44. The maximum atomic E-state index is 11.4. The zero-order valence-corrected chi connectivity index (χ0v) is 7.90. The van der Waals surface area contributed by atoms with Gasteiger partial charge in [-0.15, -0.1) is 0 Å². The second-order valence-corrected chi connectivity index (χ2v) is 3.77. The highest BCUT2D eigenvalue weighted by molar-refractivity contribution is 6.07. The lowest BCUT2D eigenvalue weighted by Crippen LogP contribution is -2.09. The molecule has 2 heteroatoms. The third kappa shape index (κ3) is 1.90. The van der Waals surface area contributed by atoms with Crippen molar-refractivity contribution in [1.29, 1.82) is 0 Å². The van der Waals surface area contributed by atoms with Crippen molar-refractivity contribution < 1.29 is 9.59 Å². The summed E-state index contributed by atoms with van der Waals surface area (Å²) in [4.78, 5) is 22.4. The van der Waals surface area contributed by atoms with Crippen LogP contribution in [-0.4, -0.2) is 11.6 Å². The van der Waals surface area contributed by atoms with Gasteiger partial charge in [-0.2, -0.15) is 0 Å². The highest BCUT2D eigenvalue weighted by atomic mass is 16.2. The Morgan fingerprint density at radius 1 is 1.14 bits per heavy atom. The fourth-order valence-corrected chi connectivity index (χ4v) is 1.88. The minimum atomic E-state index is -0.0649. The largest absolute Gasteiger partial charge is 0.299 e. The minimum Gasteiger partial charge on any atom is -0.299 e. The molecule has 0 radical (unpaired) electrons. The van der Waals surface area contributed by atoms with Crippen LogP contribution in [0.3, 0.4) is 0 Å². The van der Waals surface area contributed by atoms with Gasteiger partial charge in [0.2, 0.25) is 0 Å². The number of benzene rings is 1. The topological polar surface area (TPSA) is 34.1 Å². The van der Waals surface area contributed by atoms with Crippen molar-refractivity contribution in [3.63, 3.8) is 0 Å². The van der Waals surface area contributed by atoms with Crippen molar-refractivity contribution in [2.75, 3.05) is 0 Å². The van der Waals surface area contributed by atoms with E-state index in [0.717, 1.165) is 5.56 Å². The number of ketones is 2. The summed E-state index contributed by atoms with van der Waals surface area (Å²) in [7, 11) is 0. The molecule has 0 spiro atoms. The molecule has 1 aromatic rings. The van der Waals surface area contributed by atoms with E-state index in [0.29, 0.717) is 12.8 Å². The molecule has 1 aliphatic carbocycles. The zero-order chi connectivity index (χ0) is 9.97. The number of carbonyl (C=O) groups excluding carboxylic acids is 2. The third-order valence-electron chi connectivity index (χ3n) is 2.63. The molecule has 2 rings (SSSR count). The van der Waals surface area contributed by atoms with E-state index >= 15 is 0 Å². The van der Waals surface area contributed by atoms with Crippen molar-refractivity contribution in [3.8, 4) is 0 Å². The Balaban J connectivity index is 2.05. The van der Waals surface area contributed by atoms with Crippen molar-refractivity contribution in [2.45, 2.75) is 19.3 Å². The first-order valence-electron chi connectivity index (χ1n) is 4.84. The van der Waals surface area contributed by atoms with Gasteiger partial charge < -0.3 is 0 Å². The van der Waals surface area contributed by atoms with Gasteiger partial charge >= 0.3 is 0 Å². The molecule has 0 bridgehead atoms. The Bertz CT molecular complexity index is 354. The number of Topliss-reactive ketones (excluding diaryl/α,β-unsaturated/α-hetero) is 2. The van der Waals surface area contributed by atoms with Crippen LogP contribution in [0.25, 0.3) is 0 Å². The van der Waals surface area contributed by atoms with E-state index in [2.05, 4.69) is 0 Å². The molecule has 0 heterocycles. The van der Waals surface area contributed by atoms with E-state index in [9.17, 15) is 9.59 Å². The smallest absolute Gasteiger partial charge is 0.144 e. The van der Waals surface area contributed by atoms with Gasteiger partial charge in [-0.1, -0.05) is 30.3 Å². The molecule has 14 heavy (non-hydrogen) atoms. The van der Waals surface area contributed by atoms with Crippen LogP contribution in [0.1, 0.15) is 18.4 Å². The summed E-state index contributed by atoms with van der Waals surface area (Å²) < 4.78 is 0. The maximum absolute atomic E-state index is 11.4. The van der Waals surface area contributed by atoms with Crippen LogP contribution in [0.15, 0.2) is 30.3 Å². The SMILES string of the molecule is O=C1CC(=O)[C@@H](Cc2ccccc2)C1. The van der Waals surface area contributed by atoms with E-state index in [1.54, 1.807) is 0 Å². The molecule has 0 aliphatic heterocycles. The predicted molar refractivity (Wildman–Crippen MR) is 52.9 cm³/mol. The molecule has 72 valence electrons. The lowest BCUT2D eigenvalue weighted by Gasteiger charge is -2.05. The Labute approximate surface area is 82.9 Å². The fraction of sp³-hybridized carbons (Fsp3) is 0.333. The van der Waals surface area contributed by atoms with E-state index in [-0.39, 0.29) is 23.9 Å². The fourth-order valence-electron chi connectivity index (χ4n) is 1.88. The van der Waals surface area contributed by atoms with Crippen molar-refractivity contribution in [1.82, 2.24) is 0 Å². The third-order valence-corrected chi connectivity index (χ3v) is 2.63. The number of rotatable bonds is 2. The van der Waals surface area contributed by atoms with Gasteiger partial charge in [-0.05, 0) is 12.0 Å². The van der Waals surface area contributed by atoms with Crippen LogP contribution in [0, 0.1) is 5.92 Å². The number of hydrogen-bond acceptors (Lipinski definition) is 2. The van der Waals surface area contributed by atoms with Gasteiger partial charge in [-0.25, -0.2) is 0 Å². The second-order valence-electron chi connectivity index (χ2n) is 3.77. The van der Waals surface area contributed by atoms with Crippen LogP contribution in [-0.2, 0) is 16.0 Å². The molecular formula is C12H12O2. The first-order valence-corrected chi connectivity index (χ1v) is 4.84. The zero-order valence-electron chi connectivity index (χ0n) is 7.90. The van der Waals surface area contributed by atoms with Crippen molar-refractivity contribution >= 4 is 11.6 Å². The molecule has 1 aliphatic rings. The summed E-state index contributed by atoms with van der Waals surface area (Å²) in [5.74, 6) is 0.139. The van der Waals surface area contributed by atoms with Crippen LogP contribution >= 0.6 is 0 Å². The Morgan fingerprint density at radius 3 is 2.43 bits per heavy atom. The number of carbonyl (C=O) groups is 2. The lowest BCUT2D eigenvalue weighted by atomic mass is 9.97. The summed E-state index contributed by atoms with van der Waals surface area (Å²) >= 11 is 0. The summed E-state index contributed by atoms with van der Waals surface area (Å²) in [6, 6.07) is 9.85. The molecule has 0 unspecified atom stereocenters. The highest BCUT2D eigenvalue weighted by Gasteiger charge is 2.30. The summed E-state index contributed by atoms with van der Waals surface area (Å²) in [5, 5.41) is 0. The summed E-state index contributed by atoms with van der Waals surface area (Å²) in [6.07, 6.45) is 1.30. The van der Waals surface area contributed by atoms with E-state index < -0.39 is 0 Å². The lowest BCUT2D eigenvalue weighted by molar-refractivity contribution is -0.122. The maximum Gasteiger partial charge on any atom is 0.144 e. The Kier molecular flexibility index (Phi) is 2.44. The minimum absolute atomic E-state index is 0.0649. The Morgan fingerprint density at radius 2 is 1.86 bits per heavy atom. The quantitative estimate of drug-likeness (QED) is 0.663. The van der Waals surface area contributed by atoms with Crippen LogP contribution in [0.5, 0.6) is 0 Å². The van der Waals surface area contributed by atoms with Crippen molar-refractivity contribution in [2.24, 2.45) is 5.92 Å². The average Bonchev–Trinajstić information content (AvgIpc) is 2.47. The van der Waals surface area contributed by atoms with Crippen LogP contribution in [0.4, 0.5) is 0 Å². The van der Waals surface area contributed by atoms with E-state index in [1.807, 2.05) is 30.3 Å². The van der Waals surface area contributed by atoms with Gasteiger partial charge in [0.1, 0.15) is 11.6 Å². The predicted octanol–water partition coefficient (Wildman–Crippen LogP) is 1.78.